The van der Waals surface area contributed by atoms with Crippen molar-refractivity contribution < 1.29 is 4.79 Å². The molecule has 2 heterocycles. The first-order valence-electron chi connectivity index (χ1n) is 7.16. The third-order valence-electron chi connectivity index (χ3n) is 3.39. The van der Waals surface area contributed by atoms with Crippen molar-refractivity contribution in [1.29, 1.82) is 0 Å². The number of rotatable bonds is 5. The fourth-order valence-corrected chi connectivity index (χ4v) is 3.00. The Balaban J connectivity index is 2.05. The molecule has 0 unspecified atom stereocenters. The molecule has 3 rings (SSSR count). The van der Waals surface area contributed by atoms with Crippen LogP contribution in [0.15, 0.2) is 47.8 Å². The van der Waals surface area contributed by atoms with Crippen LogP contribution in [0, 0.1) is 0 Å². The summed E-state index contributed by atoms with van der Waals surface area (Å²) in [6.45, 7) is 1.34. The summed E-state index contributed by atoms with van der Waals surface area (Å²) in [7, 11) is 1.86. The number of pyridine rings is 1. The van der Waals surface area contributed by atoms with E-state index in [2.05, 4.69) is 15.6 Å². The Bertz CT molecular complexity index is 784. The van der Waals surface area contributed by atoms with Crippen LogP contribution in [-0.2, 0) is 0 Å². The number of amides is 1. The Morgan fingerprint density at radius 2 is 2.05 bits per heavy atom. The van der Waals surface area contributed by atoms with Gasteiger partial charge in [-0.25, -0.2) is 4.98 Å². The van der Waals surface area contributed by atoms with Crippen LogP contribution in [0.25, 0.3) is 21.5 Å². The summed E-state index contributed by atoms with van der Waals surface area (Å²) < 4.78 is 0. The van der Waals surface area contributed by atoms with Gasteiger partial charge in [0.25, 0.3) is 5.91 Å². The minimum absolute atomic E-state index is 0.0633. The average molecular weight is 311 g/mol. The second-order valence-corrected chi connectivity index (χ2v) is 5.86. The average Bonchev–Trinajstić information content (AvgIpc) is 3.08. The number of fused-ring (bicyclic) bond motifs is 1. The van der Waals surface area contributed by atoms with E-state index in [0.29, 0.717) is 12.1 Å². The lowest BCUT2D eigenvalue weighted by atomic mass is 10.1. The monoisotopic (exact) mass is 311 g/mol. The summed E-state index contributed by atoms with van der Waals surface area (Å²) in [6, 6.07) is 13.6. The van der Waals surface area contributed by atoms with Crippen molar-refractivity contribution in [2.75, 3.05) is 20.1 Å². The van der Waals surface area contributed by atoms with Crippen molar-refractivity contribution in [2.24, 2.45) is 0 Å². The molecule has 0 spiro atoms. The maximum atomic E-state index is 12.5. The van der Waals surface area contributed by atoms with Gasteiger partial charge in [-0.15, -0.1) is 11.3 Å². The smallest absolute Gasteiger partial charge is 0.252 e. The maximum absolute atomic E-state index is 12.5. The number of hydrogen-bond acceptors (Lipinski definition) is 4. The number of carbonyl (C=O) groups excluding carboxylic acids is 1. The predicted octanol–water partition coefficient (Wildman–Crippen LogP) is 2.91. The van der Waals surface area contributed by atoms with Gasteiger partial charge in [0.2, 0.25) is 0 Å². The molecule has 0 fully saturated rings. The van der Waals surface area contributed by atoms with Crippen LogP contribution < -0.4 is 10.6 Å². The highest BCUT2D eigenvalue weighted by Crippen LogP contribution is 2.27. The topological polar surface area (TPSA) is 54.0 Å². The van der Waals surface area contributed by atoms with E-state index in [0.717, 1.165) is 28.0 Å². The van der Waals surface area contributed by atoms with Crippen molar-refractivity contribution >= 4 is 28.1 Å². The number of likely N-dealkylation sites (N-methyl/N-ethyl adjacent to an activating group) is 1. The number of hydrogen-bond donors (Lipinski definition) is 2. The summed E-state index contributed by atoms with van der Waals surface area (Å²) in [5.41, 5.74) is 2.35. The highest BCUT2D eigenvalue weighted by atomic mass is 32.1. The number of benzene rings is 1. The Labute approximate surface area is 133 Å². The molecule has 0 aliphatic carbocycles. The molecule has 0 radical (unpaired) electrons. The zero-order chi connectivity index (χ0) is 15.4. The van der Waals surface area contributed by atoms with Crippen LogP contribution in [0.4, 0.5) is 0 Å². The number of nitrogens with one attached hydrogen (secondary N) is 2. The van der Waals surface area contributed by atoms with Gasteiger partial charge in [-0.3, -0.25) is 4.79 Å². The third-order valence-corrected chi connectivity index (χ3v) is 4.29. The summed E-state index contributed by atoms with van der Waals surface area (Å²) in [5.74, 6) is -0.0633. The Morgan fingerprint density at radius 1 is 1.18 bits per heavy atom. The van der Waals surface area contributed by atoms with Gasteiger partial charge in [-0.2, -0.15) is 0 Å². The number of nitrogens with zero attached hydrogens (tertiary/aromatic N) is 1. The molecule has 112 valence electrons. The molecule has 22 heavy (non-hydrogen) atoms. The van der Waals surface area contributed by atoms with Gasteiger partial charge >= 0.3 is 0 Å². The molecule has 0 saturated heterocycles. The standard InChI is InChI=1S/C17H17N3OS/c1-18-8-9-19-17(21)13-11-15(16-7-4-10-22-16)20-14-6-3-2-5-12(13)14/h2-7,10-11,18H,8-9H2,1H3,(H,19,21). The van der Waals surface area contributed by atoms with Crippen molar-refractivity contribution in [1.82, 2.24) is 15.6 Å². The Kier molecular flexibility index (Phi) is 4.46. The second kappa shape index (κ2) is 6.68. The van der Waals surface area contributed by atoms with Gasteiger partial charge in [-0.1, -0.05) is 24.3 Å². The van der Waals surface area contributed by atoms with E-state index in [1.54, 1.807) is 11.3 Å². The molecule has 0 saturated carbocycles. The summed E-state index contributed by atoms with van der Waals surface area (Å²) >= 11 is 1.62. The lowest BCUT2D eigenvalue weighted by molar-refractivity contribution is 0.0956. The third kappa shape index (κ3) is 3.00. The molecule has 0 aliphatic rings. The van der Waals surface area contributed by atoms with Gasteiger partial charge in [-0.05, 0) is 30.6 Å². The molecule has 0 aliphatic heterocycles. The molecule has 4 nitrogen and oxygen atoms in total. The zero-order valence-electron chi connectivity index (χ0n) is 12.3. The Morgan fingerprint density at radius 3 is 2.82 bits per heavy atom. The van der Waals surface area contributed by atoms with Crippen LogP contribution in [0.5, 0.6) is 0 Å². The predicted molar refractivity (Wildman–Crippen MR) is 91.3 cm³/mol. The van der Waals surface area contributed by atoms with E-state index in [1.165, 1.54) is 0 Å². The molecular formula is C17H17N3OS. The van der Waals surface area contributed by atoms with Crippen LogP contribution in [0.2, 0.25) is 0 Å². The zero-order valence-corrected chi connectivity index (χ0v) is 13.1. The molecule has 0 atom stereocenters. The number of aromatic nitrogens is 1. The SMILES string of the molecule is CNCCNC(=O)c1cc(-c2cccs2)nc2ccccc12. The van der Waals surface area contributed by atoms with Crippen LogP contribution in [0.3, 0.4) is 0 Å². The van der Waals surface area contributed by atoms with Gasteiger partial charge in [0.15, 0.2) is 0 Å². The van der Waals surface area contributed by atoms with Crippen molar-refractivity contribution in [3.05, 3.63) is 53.4 Å². The number of thiophene rings is 1. The molecule has 0 bridgehead atoms. The van der Waals surface area contributed by atoms with E-state index in [-0.39, 0.29) is 5.91 Å². The summed E-state index contributed by atoms with van der Waals surface area (Å²) in [4.78, 5) is 18.2. The van der Waals surface area contributed by atoms with E-state index in [9.17, 15) is 4.79 Å². The van der Waals surface area contributed by atoms with Crippen molar-refractivity contribution in [3.8, 4) is 10.6 Å². The van der Waals surface area contributed by atoms with Gasteiger partial charge in [0.1, 0.15) is 0 Å². The quantitative estimate of drug-likeness (QED) is 0.712. The minimum atomic E-state index is -0.0633. The molecule has 1 amide bonds. The lowest BCUT2D eigenvalue weighted by Gasteiger charge is -2.09. The van der Waals surface area contributed by atoms with E-state index >= 15 is 0 Å². The number of para-hydroxylation sites is 1. The molecule has 2 aromatic heterocycles. The first-order chi connectivity index (χ1) is 10.8. The van der Waals surface area contributed by atoms with E-state index in [4.69, 9.17) is 0 Å². The highest BCUT2D eigenvalue weighted by molar-refractivity contribution is 7.13. The fourth-order valence-electron chi connectivity index (χ4n) is 2.31. The largest absolute Gasteiger partial charge is 0.351 e. The molecule has 5 heteroatoms. The normalized spacial score (nSPS) is 10.8. The van der Waals surface area contributed by atoms with Crippen LogP contribution >= 0.6 is 11.3 Å². The van der Waals surface area contributed by atoms with Crippen LogP contribution in [-0.4, -0.2) is 31.0 Å². The first kappa shape index (κ1) is 14.7. The minimum Gasteiger partial charge on any atom is -0.351 e. The summed E-state index contributed by atoms with van der Waals surface area (Å²) in [6.07, 6.45) is 0. The fraction of sp³-hybridized carbons (Fsp3) is 0.176. The van der Waals surface area contributed by atoms with Gasteiger partial charge in [0.05, 0.1) is 21.7 Å². The highest BCUT2D eigenvalue weighted by Gasteiger charge is 2.13. The molecule has 2 N–H and O–H groups in total. The number of carbonyl (C=O) groups is 1. The maximum Gasteiger partial charge on any atom is 0.252 e. The molecular weight excluding hydrogens is 294 g/mol. The van der Waals surface area contributed by atoms with Gasteiger partial charge < -0.3 is 10.6 Å². The van der Waals surface area contributed by atoms with Crippen LogP contribution in [0.1, 0.15) is 10.4 Å². The lowest BCUT2D eigenvalue weighted by Crippen LogP contribution is -2.30. The Hall–Kier alpha value is -2.24. The second-order valence-electron chi connectivity index (χ2n) is 4.91. The molecule has 1 aromatic carbocycles. The first-order valence-corrected chi connectivity index (χ1v) is 8.04. The summed E-state index contributed by atoms with van der Waals surface area (Å²) in [5, 5.41) is 8.85. The van der Waals surface area contributed by atoms with Gasteiger partial charge in [0, 0.05) is 18.5 Å². The van der Waals surface area contributed by atoms with E-state index < -0.39 is 0 Å². The van der Waals surface area contributed by atoms with E-state index in [1.807, 2.05) is 54.9 Å². The van der Waals surface area contributed by atoms with Crippen molar-refractivity contribution in [3.63, 3.8) is 0 Å². The van der Waals surface area contributed by atoms with Crippen molar-refractivity contribution in [2.45, 2.75) is 0 Å². The molecule has 3 aromatic rings.